The lowest BCUT2D eigenvalue weighted by atomic mass is 10.1. The highest BCUT2D eigenvalue weighted by atomic mass is 32.1. The Labute approximate surface area is 155 Å². The van der Waals surface area contributed by atoms with Gasteiger partial charge in [-0.3, -0.25) is 4.79 Å². The Morgan fingerprint density at radius 3 is 2.92 bits per heavy atom. The van der Waals surface area contributed by atoms with Crippen molar-refractivity contribution in [3.8, 4) is 0 Å². The van der Waals surface area contributed by atoms with Gasteiger partial charge in [-0.05, 0) is 55.3 Å². The number of amides is 1. The van der Waals surface area contributed by atoms with E-state index in [1.54, 1.807) is 23.5 Å². The maximum Gasteiger partial charge on any atom is 0.244 e. The van der Waals surface area contributed by atoms with Gasteiger partial charge in [0.25, 0.3) is 0 Å². The standard InChI is InChI=1S/C21H19N3OS/c1-13-14(2)23-17-8-7-15(11-16(13)17)12-22-20(25)9-10-21-24-18-5-3-4-6-19(18)26-21/h3-11,23H,12H2,1-2H3,(H,22,25)/b10-9+. The zero-order chi connectivity index (χ0) is 18.1. The summed E-state index contributed by atoms with van der Waals surface area (Å²) in [6, 6.07) is 14.2. The van der Waals surface area contributed by atoms with Crippen LogP contribution in [-0.2, 0) is 11.3 Å². The number of thiazole rings is 1. The number of nitrogens with zero attached hydrogens (tertiary/aromatic N) is 1. The molecule has 0 spiro atoms. The molecule has 0 bridgehead atoms. The van der Waals surface area contributed by atoms with Crippen LogP contribution in [0.25, 0.3) is 27.2 Å². The molecule has 0 aliphatic heterocycles. The first-order valence-electron chi connectivity index (χ1n) is 8.49. The molecule has 5 heteroatoms. The lowest BCUT2D eigenvalue weighted by Gasteiger charge is -2.03. The zero-order valence-electron chi connectivity index (χ0n) is 14.7. The van der Waals surface area contributed by atoms with Crippen LogP contribution < -0.4 is 5.32 Å². The first-order chi connectivity index (χ1) is 12.6. The fourth-order valence-corrected chi connectivity index (χ4v) is 3.85. The number of benzene rings is 2. The van der Waals surface area contributed by atoms with Crippen LogP contribution in [-0.4, -0.2) is 15.9 Å². The van der Waals surface area contributed by atoms with Crippen molar-refractivity contribution in [1.82, 2.24) is 15.3 Å². The van der Waals surface area contributed by atoms with Crippen molar-refractivity contribution in [3.05, 3.63) is 70.4 Å². The molecule has 4 nitrogen and oxygen atoms in total. The summed E-state index contributed by atoms with van der Waals surface area (Å²) in [7, 11) is 0. The van der Waals surface area contributed by atoms with Crippen LogP contribution in [0, 0.1) is 13.8 Å². The number of aromatic amines is 1. The molecule has 0 unspecified atom stereocenters. The van der Waals surface area contributed by atoms with Crippen molar-refractivity contribution in [3.63, 3.8) is 0 Å². The summed E-state index contributed by atoms with van der Waals surface area (Å²) in [5.74, 6) is -0.119. The van der Waals surface area contributed by atoms with E-state index < -0.39 is 0 Å². The highest BCUT2D eigenvalue weighted by Crippen LogP contribution is 2.23. The molecule has 2 aromatic carbocycles. The summed E-state index contributed by atoms with van der Waals surface area (Å²) >= 11 is 1.58. The number of H-pyrrole nitrogens is 1. The SMILES string of the molecule is Cc1[nH]c2ccc(CNC(=O)/C=C/c3nc4ccccc4s3)cc2c1C. The van der Waals surface area contributed by atoms with Gasteiger partial charge in [0.05, 0.1) is 10.2 Å². The van der Waals surface area contributed by atoms with Gasteiger partial charge in [-0.25, -0.2) is 4.98 Å². The molecule has 0 aliphatic rings. The topological polar surface area (TPSA) is 57.8 Å². The van der Waals surface area contributed by atoms with E-state index in [1.165, 1.54) is 16.6 Å². The van der Waals surface area contributed by atoms with E-state index in [4.69, 9.17) is 0 Å². The molecule has 2 N–H and O–H groups in total. The van der Waals surface area contributed by atoms with Gasteiger partial charge in [-0.1, -0.05) is 18.2 Å². The van der Waals surface area contributed by atoms with Crippen molar-refractivity contribution < 1.29 is 4.79 Å². The van der Waals surface area contributed by atoms with Crippen LogP contribution in [0.3, 0.4) is 0 Å². The van der Waals surface area contributed by atoms with E-state index in [0.29, 0.717) is 6.54 Å². The van der Waals surface area contributed by atoms with Crippen LogP contribution >= 0.6 is 11.3 Å². The van der Waals surface area contributed by atoms with Crippen molar-refractivity contribution >= 4 is 44.4 Å². The number of para-hydroxylation sites is 1. The van der Waals surface area contributed by atoms with Crippen LogP contribution in [0.4, 0.5) is 0 Å². The predicted octanol–water partition coefficient (Wildman–Crippen LogP) is 4.72. The molecule has 4 aromatic rings. The highest BCUT2D eigenvalue weighted by Gasteiger charge is 2.06. The van der Waals surface area contributed by atoms with E-state index >= 15 is 0 Å². The predicted molar refractivity (Wildman–Crippen MR) is 108 cm³/mol. The maximum absolute atomic E-state index is 12.1. The van der Waals surface area contributed by atoms with Crippen LogP contribution in [0.5, 0.6) is 0 Å². The normalized spacial score (nSPS) is 11.6. The average molecular weight is 361 g/mol. The second kappa shape index (κ2) is 6.77. The molecule has 0 atom stereocenters. The number of aryl methyl sites for hydroxylation is 2. The molecule has 2 aromatic heterocycles. The lowest BCUT2D eigenvalue weighted by Crippen LogP contribution is -2.20. The number of fused-ring (bicyclic) bond motifs is 2. The smallest absolute Gasteiger partial charge is 0.244 e. The summed E-state index contributed by atoms with van der Waals surface area (Å²) in [5, 5.41) is 4.98. The monoisotopic (exact) mass is 361 g/mol. The Morgan fingerprint density at radius 2 is 2.08 bits per heavy atom. The van der Waals surface area contributed by atoms with Crippen molar-refractivity contribution in [1.29, 1.82) is 0 Å². The van der Waals surface area contributed by atoms with Gasteiger partial charge in [-0.15, -0.1) is 11.3 Å². The van der Waals surface area contributed by atoms with Crippen LogP contribution in [0.1, 0.15) is 21.8 Å². The summed E-state index contributed by atoms with van der Waals surface area (Å²) in [4.78, 5) is 20.0. The number of carbonyl (C=O) groups is 1. The van der Waals surface area contributed by atoms with Gasteiger partial charge in [0.15, 0.2) is 0 Å². The Balaban J connectivity index is 1.42. The van der Waals surface area contributed by atoms with Gasteiger partial charge in [-0.2, -0.15) is 0 Å². The largest absolute Gasteiger partial charge is 0.358 e. The first-order valence-corrected chi connectivity index (χ1v) is 9.31. The third-order valence-electron chi connectivity index (χ3n) is 4.53. The van der Waals surface area contributed by atoms with Gasteiger partial charge >= 0.3 is 0 Å². The van der Waals surface area contributed by atoms with Crippen molar-refractivity contribution in [2.75, 3.05) is 0 Å². The van der Waals surface area contributed by atoms with E-state index in [2.05, 4.69) is 41.3 Å². The molecule has 26 heavy (non-hydrogen) atoms. The third kappa shape index (κ3) is 3.26. The average Bonchev–Trinajstić information content (AvgIpc) is 3.19. The van der Waals surface area contributed by atoms with E-state index in [-0.39, 0.29) is 5.91 Å². The minimum absolute atomic E-state index is 0.119. The molecular formula is C21H19N3OS. The Morgan fingerprint density at radius 1 is 1.23 bits per heavy atom. The highest BCUT2D eigenvalue weighted by molar-refractivity contribution is 7.19. The maximum atomic E-state index is 12.1. The second-order valence-electron chi connectivity index (χ2n) is 6.33. The molecular weight excluding hydrogens is 342 g/mol. The molecule has 130 valence electrons. The minimum atomic E-state index is -0.119. The third-order valence-corrected chi connectivity index (χ3v) is 5.53. The molecule has 0 aliphatic carbocycles. The second-order valence-corrected chi connectivity index (χ2v) is 7.39. The molecule has 0 fully saturated rings. The number of hydrogen-bond acceptors (Lipinski definition) is 3. The molecule has 4 rings (SSSR count). The van der Waals surface area contributed by atoms with Gasteiger partial charge in [0.2, 0.25) is 5.91 Å². The number of aromatic nitrogens is 2. The summed E-state index contributed by atoms with van der Waals surface area (Å²) in [6.45, 7) is 4.68. The molecule has 1 amide bonds. The van der Waals surface area contributed by atoms with Gasteiger partial charge in [0.1, 0.15) is 5.01 Å². The van der Waals surface area contributed by atoms with Crippen LogP contribution in [0.2, 0.25) is 0 Å². The van der Waals surface area contributed by atoms with Crippen molar-refractivity contribution in [2.24, 2.45) is 0 Å². The summed E-state index contributed by atoms with van der Waals surface area (Å²) in [6.07, 6.45) is 3.31. The number of nitrogens with one attached hydrogen (secondary N) is 2. The van der Waals surface area contributed by atoms with E-state index in [0.717, 1.165) is 26.3 Å². The van der Waals surface area contributed by atoms with Crippen molar-refractivity contribution in [2.45, 2.75) is 20.4 Å². The first kappa shape index (κ1) is 16.5. The Hall–Kier alpha value is -2.92. The van der Waals surface area contributed by atoms with Gasteiger partial charge in [0, 0.05) is 29.2 Å². The van der Waals surface area contributed by atoms with Gasteiger partial charge < -0.3 is 10.3 Å². The summed E-state index contributed by atoms with van der Waals surface area (Å²) in [5.41, 5.74) is 5.61. The molecule has 0 saturated carbocycles. The minimum Gasteiger partial charge on any atom is -0.358 e. The summed E-state index contributed by atoms with van der Waals surface area (Å²) < 4.78 is 1.12. The fourth-order valence-electron chi connectivity index (χ4n) is 2.97. The van der Waals surface area contributed by atoms with Crippen LogP contribution in [0.15, 0.2) is 48.5 Å². The quantitative estimate of drug-likeness (QED) is 0.517. The molecule has 0 saturated heterocycles. The Kier molecular flexibility index (Phi) is 4.31. The van der Waals surface area contributed by atoms with E-state index in [9.17, 15) is 4.79 Å². The lowest BCUT2D eigenvalue weighted by molar-refractivity contribution is -0.116. The van der Waals surface area contributed by atoms with E-state index in [1.807, 2.05) is 30.3 Å². The Bertz CT molecular complexity index is 1100. The number of rotatable bonds is 4. The zero-order valence-corrected chi connectivity index (χ0v) is 15.5. The number of hydrogen-bond donors (Lipinski definition) is 2. The molecule has 2 heterocycles. The fraction of sp³-hybridized carbons (Fsp3) is 0.143. The number of carbonyl (C=O) groups excluding carboxylic acids is 1. The molecule has 0 radical (unpaired) electrons.